The molecule has 1 heterocycles. The van der Waals surface area contributed by atoms with Gasteiger partial charge in [-0.25, -0.2) is 8.78 Å². The van der Waals surface area contributed by atoms with E-state index in [1.165, 1.54) is 6.07 Å². The number of ether oxygens (including phenoxy) is 2. The van der Waals surface area contributed by atoms with Crippen molar-refractivity contribution in [1.29, 1.82) is 0 Å². The van der Waals surface area contributed by atoms with E-state index in [-0.39, 0.29) is 11.7 Å². The van der Waals surface area contributed by atoms with Crippen LogP contribution in [-0.2, 0) is 9.47 Å². The zero-order chi connectivity index (χ0) is 12.3. The van der Waals surface area contributed by atoms with Crippen molar-refractivity contribution in [2.75, 3.05) is 26.9 Å². The Morgan fingerprint density at radius 1 is 1.35 bits per heavy atom. The lowest BCUT2D eigenvalue weighted by Gasteiger charge is -2.30. The van der Waals surface area contributed by atoms with Crippen LogP contribution in [0.5, 0.6) is 0 Å². The highest BCUT2D eigenvalue weighted by Crippen LogP contribution is 2.24. The SMILES string of the molecule is CNC(c1cc(F)ccc1F)C1COCCO1. The first-order chi connectivity index (χ1) is 8.22. The van der Waals surface area contributed by atoms with E-state index in [4.69, 9.17) is 9.47 Å². The topological polar surface area (TPSA) is 30.5 Å². The van der Waals surface area contributed by atoms with Crippen LogP contribution in [0.3, 0.4) is 0 Å². The van der Waals surface area contributed by atoms with Crippen molar-refractivity contribution in [3.05, 3.63) is 35.4 Å². The van der Waals surface area contributed by atoms with Crippen molar-refractivity contribution in [3.63, 3.8) is 0 Å². The van der Waals surface area contributed by atoms with Crippen LogP contribution in [0.1, 0.15) is 11.6 Å². The van der Waals surface area contributed by atoms with Crippen LogP contribution in [0.4, 0.5) is 8.78 Å². The summed E-state index contributed by atoms with van der Waals surface area (Å²) in [6, 6.07) is 3.00. The Labute approximate surface area is 98.7 Å². The predicted octanol–water partition coefficient (Wildman–Crippen LogP) is 1.64. The summed E-state index contributed by atoms with van der Waals surface area (Å²) in [4.78, 5) is 0. The van der Waals surface area contributed by atoms with Gasteiger partial charge in [-0.05, 0) is 25.2 Å². The molecule has 17 heavy (non-hydrogen) atoms. The Balaban J connectivity index is 2.24. The average Bonchev–Trinajstić information content (AvgIpc) is 2.36. The molecule has 1 aromatic rings. The molecule has 0 aromatic heterocycles. The number of hydrogen-bond acceptors (Lipinski definition) is 3. The highest BCUT2D eigenvalue weighted by atomic mass is 19.1. The smallest absolute Gasteiger partial charge is 0.128 e. The van der Waals surface area contributed by atoms with Crippen LogP contribution in [-0.4, -0.2) is 33.0 Å². The maximum atomic E-state index is 13.7. The van der Waals surface area contributed by atoms with E-state index < -0.39 is 17.7 Å². The first-order valence-corrected chi connectivity index (χ1v) is 5.54. The number of likely N-dealkylation sites (N-methyl/N-ethyl adjacent to an activating group) is 1. The van der Waals surface area contributed by atoms with Crippen LogP contribution in [0, 0.1) is 11.6 Å². The van der Waals surface area contributed by atoms with Crippen molar-refractivity contribution < 1.29 is 18.3 Å². The monoisotopic (exact) mass is 243 g/mol. The van der Waals surface area contributed by atoms with Crippen LogP contribution in [0.15, 0.2) is 18.2 Å². The second-order valence-electron chi connectivity index (χ2n) is 3.92. The van der Waals surface area contributed by atoms with E-state index in [1.807, 2.05) is 0 Å². The molecule has 1 N–H and O–H groups in total. The average molecular weight is 243 g/mol. The third-order valence-corrected chi connectivity index (χ3v) is 2.82. The molecule has 0 radical (unpaired) electrons. The van der Waals surface area contributed by atoms with Gasteiger partial charge in [-0.2, -0.15) is 0 Å². The molecule has 1 aliphatic heterocycles. The zero-order valence-corrected chi connectivity index (χ0v) is 9.58. The fourth-order valence-corrected chi connectivity index (χ4v) is 1.99. The molecule has 1 saturated heterocycles. The van der Waals surface area contributed by atoms with Gasteiger partial charge in [0.15, 0.2) is 0 Å². The van der Waals surface area contributed by atoms with Crippen LogP contribution in [0.25, 0.3) is 0 Å². The van der Waals surface area contributed by atoms with Crippen molar-refractivity contribution >= 4 is 0 Å². The Bertz CT molecular complexity index is 381. The Morgan fingerprint density at radius 3 is 2.82 bits per heavy atom. The van der Waals surface area contributed by atoms with Gasteiger partial charge in [-0.3, -0.25) is 0 Å². The fourth-order valence-electron chi connectivity index (χ4n) is 1.99. The van der Waals surface area contributed by atoms with Crippen LogP contribution in [0.2, 0.25) is 0 Å². The minimum Gasteiger partial charge on any atom is -0.376 e. The highest BCUT2D eigenvalue weighted by molar-refractivity contribution is 5.23. The second-order valence-corrected chi connectivity index (χ2v) is 3.92. The predicted molar refractivity (Wildman–Crippen MR) is 58.7 cm³/mol. The number of nitrogens with one attached hydrogen (secondary N) is 1. The second kappa shape index (κ2) is 5.53. The van der Waals surface area contributed by atoms with E-state index in [0.717, 1.165) is 12.1 Å². The lowest BCUT2D eigenvalue weighted by atomic mass is 10.0. The maximum absolute atomic E-state index is 13.7. The summed E-state index contributed by atoms with van der Waals surface area (Å²) in [6.45, 7) is 1.39. The van der Waals surface area contributed by atoms with Crippen LogP contribution >= 0.6 is 0 Å². The third kappa shape index (κ3) is 2.80. The Morgan fingerprint density at radius 2 is 2.18 bits per heavy atom. The van der Waals surface area contributed by atoms with E-state index in [9.17, 15) is 8.78 Å². The first kappa shape index (κ1) is 12.4. The Kier molecular flexibility index (Phi) is 4.04. The molecule has 0 bridgehead atoms. The molecule has 1 fully saturated rings. The van der Waals surface area contributed by atoms with Crippen molar-refractivity contribution in [2.45, 2.75) is 12.1 Å². The summed E-state index contributed by atoms with van der Waals surface area (Å²) in [5.74, 6) is -0.904. The summed E-state index contributed by atoms with van der Waals surface area (Å²) in [5, 5.41) is 2.94. The third-order valence-electron chi connectivity index (χ3n) is 2.82. The molecule has 0 amide bonds. The molecule has 94 valence electrons. The maximum Gasteiger partial charge on any atom is 0.128 e. The van der Waals surface area contributed by atoms with Gasteiger partial charge in [-0.15, -0.1) is 0 Å². The Hall–Kier alpha value is -1.04. The molecule has 2 unspecified atom stereocenters. The molecule has 1 aliphatic rings. The first-order valence-electron chi connectivity index (χ1n) is 5.54. The summed E-state index contributed by atoms with van der Waals surface area (Å²) >= 11 is 0. The molecule has 2 rings (SSSR count). The van der Waals surface area contributed by atoms with Crippen molar-refractivity contribution in [2.24, 2.45) is 0 Å². The van der Waals surface area contributed by atoms with Gasteiger partial charge in [0.2, 0.25) is 0 Å². The van der Waals surface area contributed by atoms with Gasteiger partial charge < -0.3 is 14.8 Å². The zero-order valence-electron chi connectivity index (χ0n) is 9.58. The number of benzene rings is 1. The minimum absolute atomic E-state index is 0.267. The number of rotatable bonds is 3. The summed E-state index contributed by atoms with van der Waals surface area (Å²) in [5.41, 5.74) is 0.267. The molecule has 0 saturated carbocycles. The molecule has 0 aliphatic carbocycles. The van der Waals surface area contributed by atoms with Gasteiger partial charge in [-0.1, -0.05) is 0 Å². The molecular formula is C12H15F2NO2. The van der Waals surface area contributed by atoms with Gasteiger partial charge in [0.05, 0.1) is 25.9 Å². The minimum atomic E-state index is -0.460. The van der Waals surface area contributed by atoms with Crippen LogP contribution < -0.4 is 5.32 Å². The summed E-state index contributed by atoms with van der Waals surface area (Å²) in [7, 11) is 1.69. The number of hydrogen-bond donors (Lipinski definition) is 1. The molecule has 2 atom stereocenters. The van der Waals surface area contributed by atoms with Gasteiger partial charge in [0, 0.05) is 5.56 Å². The van der Waals surface area contributed by atoms with E-state index in [2.05, 4.69) is 5.32 Å². The van der Waals surface area contributed by atoms with Gasteiger partial charge in [0.25, 0.3) is 0 Å². The lowest BCUT2D eigenvalue weighted by Crippen LogP contribution is -2.39. The molecule has 0 spiro atoms. The quantitative estimate of drug-likeness (QED) is 0.875. The fraction of sp³-hybridized carbons (Fsp3) is 0.500. The van der Waals surface area contributed by atoms with Crippen molar-refractivity contribution in [3.8, 4) is 0 Å². The highest BCUT2D eigenvalue weighted by Gasteiger charge is 2.27. The molecule has 1 aromatic carbocycles. The summed E-state index contributed by atoms with van der Waals surface area (Å²) in [6.07, 6.45) is -0.301. The molecular weight excluding hydrogens is 228 g/mol. The molecule has 3 nitrogen and oxygen atoms in total. The summed E-state index contributed by atoms with van der Waals surface area (Å²) < 4.78 is 37.6. The largest absolute Gasteiger partial charge is 0.376 e. The van der Waals surface area contributed by atoms with Gasteiger partial charge in [0.1, 0.15) is 17.7 Å². The van der Waals surface area contributed by atoms with Crippen molar-refractivity contribution in [1.82, 2.24) is 5.32 Å². The lowest BCUT2D eigenvalue weighted by molar-refractivity contribution is -0.102. The normalized spacial score (nSPS) is 22.4. The number of halogens is 2. The molecule has 5 heteroatoms. The van der Waals surface area contributed by atoms with E-state index >= 15 is 0 Å². The van der Waals surface area contributed by atoms with Gasteiger partial charge >= 0.3 is 0 Å². The van der Waals surface area contributed by atoms with E-state index in [1.54, 1.807) is 7.05 Å². The van der Waals surface area contributed by atoms with E-state index in [0.29, 0.717) is 19.8 Å². The standard InChI is InChI=1S/C12H15F2NO2/c1-15-12(11-7-16-4-5-17-11)9-6-8(13)2-3-10(9)14/h2-3,6,11-12,15H,4-5,7H2,1H3.